The summed E-state index contributed by atoms with van der Waals surface area (Å²) in [5.74, 6) is 1.41. The third-order valence-electron chi connectivity index (χ3n) is 12.3. The van der Waals surface area contributed by atoms with E-state index in [0.29, 0.717) is 11.4 Å². The van der Waals surface area contributed by atoms with Gasteiger partial charge in [-0.15, -0.1) is 0 Å². The van der Waals surface area contributed by atoms with Gasteiger partial charge in [-0.1, -0.05) is 151 Å². The van der Waals surface area contributed by atoms with Crippen LogP contribution < -0.4 is 4.74 Å². The summed E-state index contributed by atoms with van der Waals surface area (Å²) >= 11 is 0. The molecule has 0 aliphatic carbocycles. The van der Waals surface area contributed by atoms with E-state index in [-0.39, 0.29) is 16.4 Å². The van der Waals surface area contributed by atoms with E-state index < -0.39 is 6.85 Å². The number of para-hydroxylation sites is 1. The Labute approximate surface area is 383 Å². The molecule has 0 N–H and O–H groups in total. The second-order valence-corrected chi connectivity index (χ2v) is 19.1. The maximum atomic E-state index is 8.82. The number of ether oxygens (including phenoxy) is 1. The lowest BCUT2D eigenvalue weighted by Gasteiger charge is -2.22. The first-order valence-electron chi connectivity index (χ1n) is 23.6. The zero-order valence-corrected chi connectivity index (χ0v) is 38.3. The molecule has 318 valence electrons. The first-order chi connectivity index (χ1) is 31.9. The SMILES string of the molecule is [2H]C([2H])([2H])c1cc(-c2ccccc2)c(-n2c(-c3cc(C)cc(C)c3OC)nc3c(-c4cc(-c5cc(-c6ccc(C(C)(C)C)cc6)ccn5)cc(C(C)(C)C)c4)cccc32)cc1-c1ccccc1. The number of imidazole rings is 1. The topological polar surface area (TPSA) is 39.9 Å². The molecule has 4 heteroatoms. The minimum Gasteiger partial charge on any atom is -0.496 e. The van der Waals surface area contributed by atoms with Crippen LogP contribution in [0.4, 0.5) is 0 Å². The second-order valence-electron chi connectivity index (χ2n) is 19.1. The van der Waals surface area contributed by atoms with Gasteiger partial charge in [0, 0.05) is 27.0 Å². The normalized spacial score (nSPS) is 12.8. The predicted molar refractivity (Wildman–Crippen MR) is 270 cm³/mol. The molecule has 2 aromatic heterocycles. The van der Waals surface area contributed by atoms with Crippen molar-refractivity contribution in [3.8, 4) is 78.6 Å². The largest absolute Gasteiger partial charge is 0.496 e. The third-order valence-corrected chi connectivity index (χ3v) is 12.3. The fraction of sp³-hybridized carbons (Fsp3) is 0.200. The molecular weight excluding hydrogens is 779 g/mol. The first kappa shape index (κ1) is 38.6. The van der Waals surface area contributed by atoms with E-state index in [2.05, 4.69) is 145 Å². The molecule has 0 atom stereocenters. The van der Waals surface area contributed by atoms with Crippen molar-refractivity contribution >= 4 is 11.0 Å². The summed E-state index contributed by atoms with van der Waals surface area (Å²) in [4.78, 5) is 10.6. The Balaban J connectivity index is 1.34. The molecule has 9 aromatic rings. The van der Waals surface area contributed by atoms with E-state index in [0.717, 1.165) is 89.4 Å². The molecular formula is C60H57N3O. The molecule has 0 unspecified atom stereocenters. The fourth-order valence-corrected chi connectivity index (χ4v) is 8.92. The van der Waals surface area contributed by atoms with Crippen molar-refractivity contribution in [3.63, 3.8) is 0 Å². The Morgan fingerprint density at radius 1 is 0.516 bits per heavy atom. The Morgan fingerprint density at radius 2 is 1.19 bits per heavy atom. The molecule has 0 radical (unpaired) electrons. The maximum absolute atomic E-state index is 8.82. The van der Waals surface area contributed by atoms with Gasteiger partial charge in [-0.05, 0) is 141 Å². The number of methoxy groups -OCH3 is 1. The van der Waals surface area contributed by atoms with Crippen molar-refractivity contribution in [1.29, 1.82) is 0 Å². The highest BCUT2D eigenvalue weighted by atomic mass is 16.5. The van der Waals surface area contributed by atoms with Crippen LogP contribution in [0.25, 0.3) is 83.9 Å². The van der Waals surface area contributed by atoms with Crippen LogP contribution in [0.3, 0.4) is 0 Å². The van der Waals surface area contributed by atoms with Gasteiger partial charge in [-0.2, -0.15) is 0 Å². The molecule has 9 rings (SSSR count). The first-order valence-corrected chi connectivity index (χ1v) is 22.1. The molecule has 0 spiro atoms. The van der Waals surface area contributed by atoms with Crippen LogP contribution in [0.5, 0.6) is 5.75 Å². The second kappa shape index (κ2) is 16.6. The van der Waals surface area contributed by atoms with Crippen molar-refractivity contribution in [2.24, 2.45) is 0 Å². The highest BCUT2D eigenvalue weighted by Gasteiger charge is 2.26. The van der Waals surface area contributed by atoms with E-state index >= 15 is 0 Å². The van der Waals surface area contributed by atoms with Crippen molar-refractivity contribution in [2.75, 3.05) is 7.11 Å². The monoisotopic (exact) mass is 838 g/mol. The fourth-order valence-electron chi connectivity index (χ4n) is 8.92. The van der Waals surface area contributed by atoms with Gasteiger partial charge in [-0.25, -0.2) is 4.98 Å². The molecule has 0 saturated carbocycles. The third kappa shape index (κ3) is 8.05. The summed E-state index contributed by atoms with van der Waals surface area (Å²) in [6, 6.07) is 54.3. The molecule has 0 bridgehead atoms. The van der Waals surface area contributed by atoms with Gasteiger partial charge < -0.3 is 4.74 Å². The minimum atomic E-state index is -2.39. The zero-order chi connectivity index (χ0) is 47.4. The predicted octanol–water partition coefficient (Wildman–Crippen LogP) is 16.0. The van der Waals surface area contributed by atoms with Crippen molar-refractivity contribution in [1.82, 2.24) is 14.5 Å². The van der Waals surface area contributed by atoms with Gasteiger partial charge in [0.05, 0.1) is 35.1 Å². The van der Waals surface area contributed by atoms with Gasteiger partial charge in [0.15, 0.2) is 0 Å². The van der Waals surface area contributed by atoms with Crippen LogP contribution in [0.15, 0.2) is 164 Å². The van der Waals surface area contributed by atoms with Crippen molar-refractivity contribution in [3.05, 3.63) is 192 Å². The van der Waals surface area contributed by atoms with E-state index in [1.165, 1.54) is 11.1 Å². The molecule has 4 nitrogen and oxygen atoms in total. The standard InChI is InChI=1S/C60H57N3O/c1-38-30-40(3)57(64-10)52(31-38)58-62-56-49(22-17-23-54(56)63(58)55-37-50(42-18-13-11-14-19-42)39(2)32-51(55)43-20-15-12-16-21-43)45-33-46(35-48(34-45)60(7,8)9)53-36-44(28-29-61-53)41-24-26-47(27-25-41)59(4,5)6/h11-37H,1-10H3/i2D3. The summed E-state index contributed by atoms with van der Waals surface area (Å²) < 4.78 is 34.9. The number of hydrogen-bond donors (Lipinski definition) is 0. The Kier molecular flexibility index (Phi) is 10.0. The Bertz CT molecular complexity index is 3280. The number of nitrogens with zero attached hydrogens (tertiary/aromatic N) is 3. The minimum absolute atomic E-state index is 0.0653. The van der Waals surface area contributed by atoms with Gasteiger partial charge in [0.25, 0.3) is 0 Å². The number of aryl methyl sites for hydroxylation is 3. The molecule has 2 heterocycles. The average molecular weight is 839 g/mol. The van der Waals surface area contributed by atoms with Crippen LogP contribution in [-0.2, 0) is 10.8 Å². The lowest BCUT2D eigenvalue weighted by atomic mass is 9.83. The van der Waals surface area contributed by atoms with E-state index in [1.54, 1.807) is 7.11 Å². The summed E-state index contributed by atoms with van der Waals surface area (Å²) in [6.07, 6.45) is 1.91. The molecule has 0 saturated heterocycles. The number of aromatic nitrogens is 3. The highest BCUT2D eigenvalue weighted by Crippen LogP contribution is 2.44. The van der Waals surface area contributed by atoms with Crippen LogP contribution in [-0.4, -0.2) is 21.6 Å². The van der Waals surface area contributed by atoms with E-state index in [4.69, 9.17) is 18.8 Å². The molecule has 7 aromatic carbocycles. The molecule has 0 aliphatic rings. The Morgan fingerprint density at radius 3 is 1.84 bits per heavy atom. The van der Waals surface area contributed by atoms with Crippen LogP contribution in [0, 0.1) is 20.7 Å². The summed E-state index contributed by atoms with van der Waals surface area (Å²) in [5, 5.41) is 0. The number of hydrogen-bond acceptors (Lipinski definition) is 3. The summed E-state index contributed by atoms with van der Waals surface area (Å²) in [6.45, 7) is 15.2. The Hall–Kier alpha value is -7.04. The lowest BCUT2D eigenvalue weighted by molar-refractivity contribution is 0.413. The van der Waals surface area contributed by atoms with E-state index in [1.807, 2.05) is 79.0 Å². The van der Waals surface area contributed by atoms with Gasteiger partial charge >= 0.3 is 0 Å². The molecule has 0 fully saturated rings. The summed E-state index contributed by atoms with van der Waals surface area (Å²) in [5.41, 5.74) is 17.3. The van der Waals surface area contributed by atoms with Gasteiger partial charge in [0.2, 0.25) is 0 Å². The molecule has 0 aliphatic heterocycles. The highest BCUT2D eigenvalue weighted by molar-refractivity contribution is 5.98. The quantitative estimate of drug-likeness (QED) is 0.153. The van der Waals surface area contributed by atoms with Crippen LogP contribution >= 0.6 is 0 Å². The van der Waals surface area contributed by atoms with Crippen molar-refractivity contribution < 1.29 is 8.85 Å². The summed E-state index contributed by atoms with van der Waals surface area (Å²) in [7, 11) is 1.71. The number of benzene rings is 7. The van der Waals surface area contributed by atoms with Crippen molar-refractivity contribution in [2.45, 2.75) is 73.1 Å². The molecule has 0 amide bonds. The van der Waals surface area contributed by atoms with Crippen LogP contribution in [0.2, 0.25) is 0 Å². The number of pyridine rings is 1. The zero-order valence-electron chi connectivity index (χ0n) is 41.3. The lowest BCUT2D eigenvalue weighted by Crippen LogP contribution is -2.11. The van der Waals surface area contributed by atoms with Crippen LogP contribution in [0.1, 0.15) is 73.5 Å². The van der Waals surface area contributed by atoms with E-state index in [9.17, 15) is 0 Å². The number of rotatable bonds is 8. The van der Waals surface area contributed by atoms with Gasteiger partial charge in [0.1, 0.15) is 11.6 Å². The average Bonchev–Trinajstić information content (AvgIpc) is 3.70. The smallest absolute Gasteiger partial charge is 0.149 e. The number of fused-ring (bicyclic) bond motifs is 1. The molecule has 64 heavy (non-hydrogen) atoms. The maximum Gasteiger partial charge on any atom is 0.149 e. The van der Waals surface area contributed by atoms with Gasteiger partial charge in [-0.3, -0.25) is 9.55 Å².